The van der Waals surface area contributed by atoms with Crippen LogP contribution in [0.1, 0.15) is 11.8 Å². The normalized spacial score (nSPS) is 10.8. The highest BCUT2D eigenvalue weighted by Gasteiger charge is 2.00. The van der Waals surface area contributed by atoms with Crippen LogP contribution in [0.4, 0.5) is 0 Å². The molecule has 15 heavy (non-hydrogen) atoms. The molecule has 0 atom stereocenters. The largest absolute Gasteiger partial charge is 0.424 e. The number of hydrogen-bond acceptors (Lipinski definition) is 6. The summed E-state index contributed by atoms with van der Waals surface area (Å²) in [6, 6.07) is 0. The van der Waals surface area contributed by atoms with E-state index in [2.05, 4.69) is 15.5 Å². The van der Waals surface area contributed by atoms with E-state index in [0.29, 0.717) is 38.1 Å². The number of nitrogens with one attached hydrogen (secondary N) is 1. The molecule has 0 radical (unpaired) electrons. The van der Waals surface area contributed by atoms with Gasteiger partial charge in [0, 0.05) is 20.6 Å². The van der Waals surface area contributed by atoms with Crippen molar-refractivity contribution in [2.75, 3.05) is 33.5 Å². The third-order valence-electron chi connectivity index (χ3n) is 1.70. The van der Waals surface area contributed by atoms with Crippen molar-refractivity contribution in [1.29, 1.82) is 0 Å². The van der Waals surface area contributed by atoms with Gasteiger partial charge in [-0.3, -0.25) is 0 Å². The summed E-state index contributed by atoms with van der Waals surface area (Å²) in [7, 11) is 1.65. The first-order valence-corrected chi connectivity index (χ1v) is 4.89. The Morgan fingerprint density at radius 1 is 1.27 bits per heavy atom. The van der Waals surface area contributed by atoms with Gasteiger partial charge in [0.2, 0.25) is 11.8 Å². The molecule has 1 aromatic rings. The molecule has 1 aromatic heterocycles. The summed E-state index contributed by atoms with van der Waals surface area (Å²) in [5, 5.41) is 10.7. The van der Waals surface area contributed by atoms with Crippen LogP contribution in [0.25, 0.3) is 0 Å². The van der Waals surface area contributed by atoms with Crippen LogP contribution in [-0.2, 0) is 16.0 Å². The fraction of sp³-hybridized carbons (Fsp3) is 0.778. The molecule has 0 unspecified atom stereocenters. The monoisotopic (exact) mass is 215 g/mol. The van der Waals surface area contributed by atoms with Gasteiger partial charge >= 0.3 is 0 Å². The van der Waals surface area contributed by atoms with Crippen LogP contribution < -0.4 is 5.32 Å². The van der Waals surface area contributed by atoms with Crippen molar-refractivity contribution in [2.45, 2.75) is 13.5 Å². The molecule has 0 bridgehead atoms. The Morgan fingerprint density at radius 3 is 2.80 bits per heavy atom. The SMILES string of the molecule is COCCOCCNCc1nnc(C)o1. The Bertz CT molecular complexity index is 265. The lowest BCUT2D eigenvalue weighted by Gasteiger charge is -2.03. The predicted octanol–water partition coefficient (Wildman–Crippen LogP) is 0.131. The Balaban J connectivity index is 1.93. The van der Waals surface area contributed by atoms with Crippen LogP contribution >= 0.6 is 0 Å². The molecular weight excluding hydrogens is 198 g/mol. The Labute approximate surface area is 89.0 Å². The Morgan fingerprint density at radius 2 is 2.13 bits per heavy atom. The van der Waals surface area contributed by atoms with Gasteiger partial charge in [-0.25, -0.2) is 0 Å². The highest BCUT2D eigenvalue weighted by molar-refractivity contribution is 4.77. The summed E-state index contributed by atoms with van der Waals surface area (Å²) < 4.78 is 15.3. The standard InChI is InChI=1S/C9H17N3O3/c1-8-11-12-9(15-8)7-10-3-4-14-6-5-13-2/h10H,3-7H2,1-2H3. The lowest BCUT2D eigenvalue weighted by molar-refractivity contribution is 0.0717. The summed E-state index contributed by atoms with van der Waals surface area (Å²) >= 11 is 0. The first-order chi connectivity index (χ1) is 7.33. The first-order valence-electron chi connectivity index (χ1n) is 4.89. The molecule has 1 N–H and O–H groups in total. The van der Waals surface area contributed by atoms with E-state index in [9.17, 15) is 0 Å². The molecule has 0 aliphatic heterocycles. The van der Waals surface area contributed by atoms with Crippen molar-refractivity contribution in [3.63, 3.8) is 0 Å². The van der Waals surface area contributed by atoms with Gasteiger partial charge in [-0.2, -0.15) is 0 Å². The van der Waals surface area contributed by atoms with Crippen LogP contribution in [0.2, 0.25) is 0 Å². The van der Waals surface area contributed by atoms with Crippen molar-refractivity contribution in [3.05, 3.63) is 11.8 Å². The zero-order chi connectivity index (χ0) is 10.9. The van der Waals surface area contributed by atoms with Crippen LogP contribution in [0, 0.1) is 6.92 Å². The summed E-state index contributed by atoms with van der Waals surface area (Å²) in [4.78, 5) is 0. The summed E-state index contributed by atoms with van der Waals surface area (Å²) in [5.41, 5.74) is 0. The smallest absolute Gasteiger partial charge is 0.230 e. The molecule has 0 aliphatic rings. The van der Waals surface area contributed by atoms with Gasteiger partial charge < -0.3 is 19.2 Å². The minimum Gasteiger partial charge on any atom is -0.424 e. The van der Waals surface area contributed by atoms with E-state index < -0.39 is 0 Å². The molecule has 1 rings (SSSR count). The highest BCUT2D eigenvalue weighted by atomic mass is 16.5. The maximum atomic E-state index is 5.26. The number of methoxy groups -OCH3 is 1. The summed E-state index contributed by atoms with van der Waals surface area (Å²) in [6.07, 6.45) is 0. The lowest BCUT2D eigenvalue weighted by atomic mass is 10.6. The van der Waals surface area contributed by atoms with Gasteiger partial charge in [-0.1, -0.05) is 0 Å². The molecule has 6 nitrogen and oxygen atoms in total. The first kappa shape index (κ1) is 12.1. The average molecular weight is 215 g/mol. The van der Waals surface area contributed by atoms with E-state index in [-0.39, 0.29) is 0 Å². The van der Waals surface area contributed by atoms with Gasteiger partial charge in [0.25, 0.3) is 0 Å². The highest BCUT2D eigenvalue weighted by Crippen LogP contribution is 1.95. The minimum atomic E-state index is 0.578. The molecule has 1 heterocycles. The third-order valence-corrected chi connectivity index (χ3v) is 1.70. The molecule has 0 saturated heterocycles. The maximum absolute atomic E-state index is 5.26. The number of aromatic nitrogens is 2. The third kappa shape index (κ3) is 5.46. The number of aryl methyl sites for hydroxylation is 1. The van der Waals surface area contributed by atoms with E-state index in [4.69, 9.17) is 13.9 Å². The minimum absolute atomic E-state index is 0.578. The van der Waals surface area contributed by atoms with Crippen LogP contribution in [0.5, 0.6) is 0 Å². The summed E-state index contributed by atoms with van der Waals surface area (Å²) in [6.45, 7) is 5.00. The zero-order valence-corrected chi connectivity index (χ0v) is 9.15. The van der Waals surface area contributed by atoms with Gasteiger partial charge in [0.15, 0.2) is 0 Å². The van der Waals surface area contributed by atoms with E-state index in [1.54, 1.807) is 14.0 Å². The van der Waals surface area contributed by atoms with Crippen LogP contribution in [-0.4, -0.2) is 43.7 Å². The van der Waals surface area contributed by atoms with E-state index in [0.717, 1.165) is 6.54 Å². The molecule has 86 valence electrons. The molecule has 0 amide bonds. The average Bonchev–Trinajstić information content (AvgIpc) is 2.63. The molecule has 0 saturated carbocycles. The molecule has 0 spiro atoms. The maximum Gasteiger partial charge on any atom is 0.230 e. The zero-order valence-electron chi connectivity index (χ0n) is 9.15. The fourth-order valence-corrected chi connectivity index (χ4v) is 0.993. The van der Waals surface area contributed by atoms with Crippen molar-refractivity contribution < 1.29 is 13.9 Å². The lowest BCUT2D eigenvalue weighted by Crippen LogP contribution is -2.20. The molecular formula is C9H17N3O3. The second kappa shape index (κ2) is 7.33. The number of rotatable bonds is 8. The Kier molecular flexibility index (Phi) is 5.91. The van der Waals surface area contributed by atoms with Crippen LogP contribution in [0.3, 0.4) is 0 Å². The summed E-state index contributed by atoms with van der Waals surface area (Å²) in [5.74, 6) is 1.19. The van der Waals surface area contributed by atoms with Crippen molar-refractivity contribution in [3.8, 4) is 0 Å². The van der Waals surface area contributed by atoms with Crippen molar-refractivity contribution >= 4 is 0 Å². The fourth-order valence-electron chi connectivity index (χ4n) is 0.993. The van der Waals surface area contributed by atoms with E-state index in [1.165, 1.54) is 0 Å². The quantitative estimate of drug-likeness (QED) is 0.622. The van der Waals surface area contributed by atoms with Gasteiger partial charge in [-0.15, -0.1) is 10.2 Å². The second-order valence-electron chi connectivity index (χ2n) is 3.00. The van der Waals surface area contributed by atoms with E-state index >= 15 is 0 Å². The molecule has 0 aliphatic carbocycles. The molecule has 0 fully saturated rings. The number of hydrogen-bond donors (Lipinski definition) is 1. The molecule has 6 heteroatoms. The predicted molar refractivity (Wildman–Crippen MR) is 53.4 cm³/mol. The number of ether oxygens (including phenoxy) is 2. The van der Waals surface area contributed by atoms with Crippen LogP contribution in [0.15, 0.2) is 4.42 Å². The molecule has 0 aromatic carbocycles. The number of nitrogens with zero attached hydrogens (tertiary/aromatic N) is 2. The van der Waals surface area contributed by atoms with Gasteiger partial charge in [-0.05, 0) is 0 Å². The van der Waals surface area contributed by atoms with Gasteiger partial charge in [0.05, 0.1) is 26.4 Å². The topological polar surface area (TPSA) is 69.4 Å². The van der Waals surface area contributed by atoms with E-state index in [1.807, 2.05) is 0 Å². The van der Waals surface area contributed by atoms with Gasteiger partial charge in [0.1, 0.15) is 0 Å². The van der Waals surface area contributed by atoms with Crippen molar-refractivity contribution in [1.82, 2.24) is 15.5 Å². The second-order valence-corrected chi connectivity index (χ2v) is 3.00. The Hall–Kier alpha value is -0.980. The van der Waals surface area contributed by atoms with Crippen molar-refractivity contribution in [2.24, 2.45) is 0 Å².